The Kier molecular flexibility index (Phi) is 4.75. The molecule has 0 aromatic carbocycles. The Bertz CT molecular complexity index is 560. The number of rotatable bonds is 5. The zero-order valence-electron chi connectivity index (χ0n) is 12.7. The van der Waals surface area contributed by atoms with E-state index in [0.717, 1.165) is 18.4 Å². The lowest BCUT2D eigenvalue weighted by molar-refractivity contribution is -0.123. The highest BCUT2D eigenvalue weighted by molar-refractivity contribution is 5.77. The fraction of sp³-hybridized carbons (Fsp3) is 0.688. The van der Waals surface area contributed by atoms with Crippen molar-refractivity contribution in [2.75, 3.05) is 13.2 Å². The number of H-pyrrole nitrogens is 1. The predicted octanol–water partition coefficient (Wildman–Crippen LogP) is 1.48. The van der Waals surface area contributed by atoms with Crippen molar-refractivity contribution in [3.8, 4) is 5.88 Å². The first-order valence-electron chi connectivity index (χ1n) is 8.14. The van der Waals surface area contributed by atoms with E-state index in [-0.39, 0.29) is 18.4 Å². The summed E-state index contributed by atoms with van der Waals surface area (Å²) in [6.45, 7) is 0.654. The van der Waals surface area contributed by atoms with Crippen LogP contribution in [-0.4, -0.2) is 29.0 Å². The molecule has 0 radical (unpaired) electrons. The molecule has 22 heavy (non-hydrogen) atoms. The summed E-state index contributed by atoms with van der Waals surface area (Å²) in [5.41, 5.74) is -0.480. The zero-order chi connectivity index (χ0) is 15.4. The predicted molar refractivity (Wildman–Crippen MR) is 81.5 cm³/mol. The largest absolute Gasteiger partial charge is 0.469 e. The van der Waals surface area contributed by atoms with E-state index in [4.69, 9.17) is 4.74 Å². The van der Waals surface area contributed by atoms with Gasteiger partial charge in [-0.15, -0.1) is 0 Å². The summed E-state index contributed by atoms with van der Waals surface area (Å²) in [6.07, 6.45) is 9.34. The second-order valence-corrected chi connectivity index (χ2v) is 6.57. The summed E-state index contributed by atoms with van der Waals surface area (Å²) in [6, 6.07) is 1.52. The molecule has 2 aliphatic rings. The van der Waals surface area contributed by atoms with Crippen molar-refractivity contribution < 1.29 is 9.53 Å². The Morgan fingerprint density at radius 1 is 1.32 bits per heavy atom. The molecule has 2 bridgehead atoms. The molecule has 2 fully saturated rings. The van der Waals surface area contributed by atoms with Gasteiger partial charge in [0.25, 0.3) is 5.91 Å². The molecular formula is C16H23N3O3. The van der Waals surface area contributed by atoms with Crippen LogP contribution in [0.2, 0.25) is 0 Å². The van der Waals surface area contributed by atoms with Crippen molar-refractivity contribution in [1.82, 2.24) is 15.3 Å². The van der Waals surface area contributed by atoms with Gasteiger partial charge in [-0.3, -0.25) is 9.78 Å². The second-order valence-electron chi connectivity index (χ2n) is 6.57. The number of hydrogen-bond acceptors (Lipinski definition) is 4. The van der Waals surface area contributed by atoms with Crippen LogP contribution >= 0.6 is 0 Å². The lowest BCUT2D eigenvalue weighted by atomic mass is 9.68. The van der Waals surface area contributed by atoms with Gasteiger partial charge in [0.05, 0.1) is 0 Å². The molecule has 2 unspecified atom stereocenters. The minimum absolute atomic E-state index is 0.0838. The van der Waals surface area contributed by atoms with Gasteiger partial charge in [0.1, 0.15) is 0 Å². The Hall–Kier alpha value is -1.85. The van der Waals surface area contributed by atoms with Crippen LogP contribution in [0.1, 0.15) is 38.5 Å². The van der Waals surface area contributed by atoms with Gasteiger partial charge in [0.15, 0.2) is 12.5 Å². The van der Waals surface area contributed by atoms with Crippen LogP contribution in [0.25, 0.3) is 0 Å². The molecule has 120 valence electrons. The number of amides is 1. The minimum Gasteiger partial charge on any atom is -0.469 e. The lowest BCUT2D eigenvalue weighted by Gasteiger charge is -2.39. The summed E-state index contributed by atoms with van der Waals surface area (Å²) in [4.78, 5) is 28.8. The van der Waals surface area contributed by atoms with E-state index in [1.165, 1.54) is 50.8 Å². The number of aromatic amines is 1. The molecule has 6 heteroatoms. The molecule has 2 saturated carbocycles. The molecule has 1 amide bonds. The maximum absolute atomic E-state index is 11.8. The number of aromatic nitrogens is 2. The van der Waals surface area contributed by atoms with E-state index >= 15 is 0 Å². The van der Waals surface area contributed by atoms with Crippen molar-refractivity contribution in [3.63, 3.8) is 0 Å². The van der Waals surface area contributed by atoms with Crippen molar-refractivity contribution in [2.45, 2.75) is 38.5 Å². The summed E-state index contributed by atoms with van der Waals surface area (Å²) in [5.74, 6) is 2.46. The smallest absolute Gasteiger partial charge is 0.347 e. The average molecular weight is 305 g/mol. The highest BCUT2D eigenvalue weighted by atomic mass is 16.5. The number of carbonyl (C=O) groups is 1. The number of hydrogen-bond donors (Lipinski definition) is 2. The van der Waals surface area contributed by atoms with Crippen molar-refractivity contribution in [2.24, 2.45) is 17.8 Å². The summed E-state index contributed by atoms with van der Waals surface area (Å²) < 4.78 is 5.26. The lowest BCUT2D eigenvalue weighted by Crippen LogP contribution is -2.37. The van der Waals surface area contributed by atoms with Crippen LogP contribution in [0.5, 0.6) is 5.88 Å². The van der Waals surface area contributed by atoms with Crippen LogP contribution in [0.4, 0.5) is 0 Å². The normalized spacial score (nSPS) is 27.2. The van der Waals surface area contributed by atoms with Crippen LogP contribution in [0.15, 0.2) is 17.1 Å². The molecule has 6 nitrogen and oxygen atoms in total. The van der Waals surface area contributed by atoms with E-state index in [0.29, 0.717) is 5.92 Å². The maximum Gasteiger partial charge on any atom is 0.347 e. The molecule has 1 heterocycles. The van der Waals surface area contributed by atoms with Crippen molar-refractivity contribution in [3.05, 3.63) is 22.7 Å². The van der Waals surface area contributed by atoms with Gasteiger partial charge in [-0.25, -0.2) is 9.78 Å². The Morgan fingerprint density at radius 2 is 2.09 bits per heavy atom. The van der Waals surface area contributed by atoms with Gasteiger partial charge < -0.3 is 10.1 Å². The molecular weight excluding hydrogens is 282 g/mol. The average Bonchev–Trinajstić information content (AvgIpc) is 2.51. The van der Waals surface area contributed by atoms with E-state index in [1.807, 2.05) is 0 Å². The van der Waals surface area contributed by atoms with E-state index in [9.17, 15) is 9.59 Å². The molecule has 2 aliphatic carbocycles. The van der Waals surface area contributed by atoms with Gasteiger partial charge >= 0.3 is 5.69 Å². The molecule has 2 N–H and O–H groups in total. The van der Waals surface area contributed by atoms with E-state index in [2.05, 4.69) is 15.3 Å². The monoisotopic (exact) mass is 305 g/mol. The molecule has 2 atom stereocenters. The number of fused-ring (bicyclic) bond motifs is 2. The Morgan fingerprint density at radius 3 is 2.82 bits per heavy atom. The SMILES string of the molecule is O=C(COc1ccnc(=O)[nH]1)NCC1CC2CCCC(C2)C1. The quantitative estimate of drug-likeness (QED) is 0.863. The number of carbonyl (C=O) groups excluding carboxylic acids is 1. The third kappa shape index (κ3) is 4.08. The fourth-order valence-electron chi connectivity index (χ4n) is 3.92. The van der Waals surface area contributed by atoms with Crippen LogP contribution in [0.3, 0.4) is 0 Å². The topological polar surface area (TPSA) is 84.1 Å². The summed E-state index contributed by atoms with van der Waals surface area (Å²) >= 11 is 0. The molecule has 0 spiro atoms. The fourth-order valence-corrected chi connectivity index (χ4v) is 3.92. The van der Waals surface area contributed by atoms with Gasteiger partial charge in [-0.05, 0) is 37.0 Å². The van der Waals surface area contributed by atoms with Crippen molar-refractivity contribution >= 4 is 5.91 Å². The Labute approximate surface area is 129 Å². The molecule has 0 saturated heterocycles. The van der Waals surface area contributed by atoms with Crippen molar-refractivity contribution in [1.29, 1.82) is 0 Å². The van der Waals surface area contributed by atoms with Crippen LogP contribution in [-0.2, 0) is 4.79 Å². The highest BCUT2D eigenvalue weighted by Gasteiger charge is 2.31. The standard InChI is InChI=1S/C16H23N3O3/c20-14(10-22-15-4-5-17-16(21)19-15)18-9-13-7-11-2-1-3-12(6-11)8-13/h4-5,11-13H,1-3,6-10H2,(H,18,20)(H,17,19,21). The maximum atomic E-state index is 11.8. The zero-order valence-corrected chi connectivity index (χ0v) is 12.7. The first kappa shape index (κ1) is 15.1. The first-order chi connectivity index (χ1) is 10.7. The van der Waals surface area contributed by atoms with Crippen LogP contribution < -0.4 is 15.7 Å². The van der Waals surface area contributed by atoms with Gasteiger partial charge in [0, 0.05) is 18.8 Å². The number of nitrogens with one attached hydrogen (secondary N) is 2. The third-order valence-corrected chi connectivity index (χ3v) is 4.82. The molecule has 3 rings (SSSR count). The second kappa shape index (κ2) is 6.94. The molecule has 0 aliphatic heterocycles. The highest BCUT2D eigenvalue weighted by Crippen LogP contribution is 2.42. The molecule has 1 aromatic rings. The Balaban J connectivity index is 1.40. The summed E-state index contributed by atoms with van der Waals surface area (Å²) in [7, 11) is 0. The van der Waals surface area contributed by atoms with Gasteiger partial charge in [0.2, 0.25) is 0 Å². The first-order valence-corrected chi connectivity index (χ1v) is 8.14. The minimum atomic E-state index is -0.480. The number of nitrogens with zero attached hydrogens (tertiary/aromatic N) is 1. The number of ether oxygens (including phenoxy) is 1. The molecule has 1 aromatic heterocycles. The summed E-state index contributed by atoms with van der Waals surface area (Å²) in [5, 5.41) is 2.95. The van der Waals surface area contributed by atoms with Crippen LogP contribution in [0, 0.1) is 17.8 Å². The van der Waals surface area contributed by atoms with E-state index < -0.39 is 5.69 Å². The van der Waals surface area contributed by atoms with E-state index in [1.54, 1.807) is 0 Å². The van der Waals surface area contributed by atoms with Gasteiger partial charge in [-0.1, -0.05) is 19.3 Å². The third-order valence-electron chi connectivity index (χ3n) is 4.82. The van der Waals surface area contributed by atoms with Gasteiger partial charge in [-0.2, -0.15) is 0 Å².